The maximum absolute atomic E-state index is 13.9. The summed E-state index contributed by atoms with van der Waals surface area (Å²) in [6.45, 7) is 5.97. The lowest BCUT2D eigenvalue weighted by Gasteiger charge is -2.46. The third-order valence-electron chi connectivity index (χ3n) is 11.4. The van der Waals surface area contributed by atoms with Crippen LogP contribution < -0.4 is 14.4 Å². The molecular formula is C37H47F3N2O6S. The second-order valence-electron chi connectivity index (χ2n) is 14.4. The Hall–Kier alpha value is -3.09. The number of fused-ring (bicyclic) bond motifs is 4. The molecule has 2 aliphatic heterocycles. The Bertz CT molecular complexity index is 1700. The van der Waals surface area contributed by atoms with Crippen LogP contribution in [0, 0.1) is 23.7 Å². The Kier molecular flexibility index (Phi) is 10.1. The van der Waals surface area contributed by atoms with E-state index >= 15 is 0 Å². The summed E-state index contributed by atoms with van der Waals surface area (Å²) in [5.74, 6) is -0.893. The van der Waals surface area contributed by atoms with Gasteiger partial charge in [0.25, 0.3) is 10.0 Å². The quantitative estimate of drug-likeness (QED) is 0.349. The zero-order chi connectivity index (χ0) is 35.1. The van der Waals surface area contributed by atoms with Crippen LogP contribution in [0.4, 0.5) is 18.9 Å². The molecular weight excluding hydrogens is 657 g/mol. The maximum Gasteiger partial charge on any atom is 0.522 e. The van der Waals surface area contributed by atoms with Crippen LogP contribution in [0.3, 0.4) is 0 Å². The van der Waals surface area contributed by atoms with Crippen molar-refractivity contribution in [1.29, 1.82) is 0 Å². The van der Waals surface area contributed by atoms with Crippen LogP contribution in [0.1, 0.15) is 75.1 Å². The SMILES string of the molecule is CCc1ccc2c(c1)CCC[C@]21COc2cc(COC(F)(F)F)c3cc2N(C[C@@H]2CC[C@H]2[C@@H](OC)/C=C/C[C@H](C)[C@@H](C)C(=O)NS3(=O)=O)C1. The van der Waals surface area contributed by atoms with Crippen molar-refractivity contribution in [2.45, 2.75) is 95.1 Å². The number of aryl methyl sites for hydroxylation is 2. The number of methoxy groups -OCH3 is 1. The first-order valence-electron chi connectivity index (χ1n) is 17.4. The molecule has 1 saturated carbocycles. The zero-order valence-electron chi connectivity index (χ0n) is 28.6. The number of carbonyl (C=O) groups excluding carboxylic acids is 1. The summed E-state index contributed by atoms with van der Waals surface area (Å²) in [4.78, 5) is 15.1. The maximum atomic E-state index is 13.9. The molecule has 2 aromatic carbocycles. The number of hydrogen-bond donors (Lipinski definition) is 1. The van der Waals surface area contributed by atoms with Gasteiger partial charge in [-0.2, -0.15) is 0 Å². The fourth-order valence-electron chi connectivity index (χ4n) is 8.11. The van der Waals surface area contributed by atoms with E-state index in [0.717, 1.165) is 38.5 Å². The molecule has 2 aliphatic carbocycles. The van der Waals surface area contributed by atoms with Gasteiger partial charge in [0.2, 0.25) is 5.91 Å². The van der Waals surface area contributed by atoms with Gasteiger partial charge in [-0.25, -0.2) is 13.1 Å². The summed E-state index contributed by atoms with van der Waals surface area (Å²) in [5, 5.41) is 0. The summed E-state index contributed by atoms with van der Waals surface area (Å²) in [5.41, 5.74) is 3.53. The number of carbonyl (C=O) groups is 1. The summed E-state index contributed by atoms with van der Waals surface area (Å²) in [7, 11) is -2.90. The Balaban J connectivity index is 1.50. The van der Waals surface area contributed by atoms with Crippen LogP contribution in [0.15, 0.2) is 47.4 Å². The van der Waals surface area contributed by atoms with Crippen LogP contribution >= 0.6 is 0 Å². The van der Waals surface area contributed by atoms with Crippen molar-refractivity contribution in [2.75, 3.05) is 31.7 Å². The Morgan fingerprint density at radius 2 is 1.94 bits per heavy atom. The van der Waals surface area contributed by atoms with E-state index in [9.17, 15) is 26.4 Å². The van der Waals surface area contributed by atoms with Crippen LogP contribution in [-0.4, -0.2) is 53.6 Å². The number of benzene rings is 2. The highest BCUT2D eigenvalue weighted by Crippen LogP contribution is 2.48. The summed E-state index contributed by atoms with van der Waals surface area (Å²) < 4.78 is 86.8. The molecule has 0 radical (unpaired) electrons. The minimum absolute atomic E-state index is 0.125. The number of nitrogens with one attached hydrogen (secondary N) is 1. The van der Waals surface area contributed by atoms with Gasteiger partial charge in [0.05, 0.1) is 29.9 Å². The van der Waals surface area contributed by atoms with Crippen molar-refractivity contribution in [3.05, 3.63) is 64.7 Å². The molecule has 12 heteroatoms. The predicted octanol–water partition coefficient (Wildman–Crippen LogP) is 6.84. The highest BCUT2D eigenvalue weighted by molar-refractivity contribution is 7.90. The van der Waals surface area contributed by atoms with Gasteiger partial charge in [0.1, 0.15) is 5.75 Å². The molecule has 1 N–H and O–H groups in total. The molecule has 4 aliphatic rings. The fraction of sp³-hybridized carbons (Fsp3) is 0.595. The predicted molar refractivity (Wildman–Crippen MR) is 180 cm³/mol. The largest absolute Gasteiger partial charge is 0.522 e. The summed E-state index contributed by atoms with van der Waals surface area (Å²) in [6, 6.07) is 9.34. The molecule has 268 valence electrons. The van der Waals surface area contributed by atoms with Crippen molar-refractivity contribution in [1.82, 2.24) is 4.72 Å². The summed E-state index contributed by atoms with van der Waals surface area (Å²) >= 11 is 0. The highest BCUT2D eigenvalue weighted by atomic mass is 32.2. The molecule has 0 aromatic heterocycles. The van der Waals surface area contributed by atoms with Crippen LogP contribution in [0.2, 0.25) is 0 Å². The molecule has 2 aromatic rings. The van der Waals surface area contributed by atoms with E-state index in [2.05, 4.69) is 45.6 Å². The third-order valence-corrected chi connectivity index (χ3v) is 12.8. The number of amides is 1. The number of ether oxygens (including phenoxy) is 3. The molecule has 2 bridgehead atoms. The number of nitrogens with zero attached hydrogens (tertiary/aromatic N) is 1. The van der Waals surface area contributed by atoms with Gasteiger partial charge in [-0.1, -0.05) is 51.1 Å². The van der Waals surface area contributed by atoms with E-state index in [1.165, 1.54) is 28.8 Å². The van der Waals surface area contributed by atoms with E-state index in [-0.39, 0.29) is 36.0 Å². The molecule has 1 fully saturated rings. The highest BCUT2D eigenvalue weighted by Gasteiger charge is 2.45. The molecule has 6 rings (SSSR count). The number of anilines is 1. The number of allylic oxidation sites excluding steroid dienone is 1. The molecule has 8 nitrogen and oxygen atoms in total. The van der Waals surface area contributed by atoms with Gasteiger partial charge < -0.3 is 14.4 Å². The second kappa shape index (κ2) is 13.9. The lowest BCUT2D eigenvalue weighted by atomic mass is 9.68. The molecule has 6 atom stereocenters. The van der Waals surface area contributed by atoms with Gasteiger partial charge in [-0.05, 0) is 91.5 Å². The molecule has 0 unspecified atom stereocenters. The van der Waals surface area contributed by atoms with Gasteiger partial charge in [0, 0.05) is 37.1 Å². The Labute approximate surface area is 287 Å². The Morgan fingerprint density at radius 3 is 2.63 bits per heavy atom. The number of halogens is 3. The normalized spacial score (nSPS) is 30.6. The third kappa shape index (κ3) is 7.37. The first kappa shape index (κ1) is 35.7. The van der Waals surface area contributed by atoms with E-state index in [1.807, 2.05) is 13.0 Å². The first-order valence-corrected chi connectivity index (χ1v) is 18.9. The van der Waals surface area contributed by atoms with Crippen LogP contribution in [0.25, 0.3) is 0 Å². The van der Waals surface area contributed by atoms with Crippen molar-refractivity contribution in [3.8, 4) is 5.75 Å². The van der Waals surface area contributed by atoms with Gasteiger partial charge in [-0.3, -0.25) is 9.53 Å². The fourth-order valence-corrected chi connectivity index (χ4v) is 9.40. The molecule has 49 heavy (non-hydrogen) atoms. The summed E-state index contributed by atoms with van der Waals surface area (Å²) in [6.07, 6.45) is 5.06. The minimum Gasteiger partial charge on any atom is -0.490 e. The van der Waals surface area contributed by atoms with E-state index < -0.39 is 45.1 Å². The monoisotopic (exact) mass is 704 g/mol. The van der Waals surface area contributed by atoms with Crippen LogP contribution in [0.5, 0.6) is 5.75 Å². The van der Waals surface area contributed by atoms with Gasteiger partial charge >= 0.3 is 6.36 Å². The molecule has 0 saturated heterocycles. The standard InChI is InChI=1S/C37H47F3N2O6S/c1-5-25-11-14-30-26(16-25)9-7-15-36(30)21-42-19-27-12-13-29(27)32(46-4)10-6-8-23(2)24(3)35(43)41-49(44,45)34-18-31(42)33(47-22-36)17-28(34)20-48-37(38,39)40/h6,10-11,14,16-18,23-24,27,29,32H,5,7-9,12-13,15,19-22H2,1-4H3,(H,41,43)/b10-6+/t23-,24+,27-,29+,32-,36-/m0/s1. The lowest BCUT2D eigenvalue weighted by molar-refractivity contribution is -0.330. The van der Waals surface area contributed by atoms with Gasteiger partial charge in [-0.15, -0.1) is 13.2 Å². The first-order chi connectivity index (χ1) is 23.2. The molecule has 1 amide bonds. The average Bonchev–Trinajstić information content (AvgIpc) is 3.19. The zero-order valence-corrected chi connectivity index (χ0v) is 29.5. The van der Waals surface area contributed by atoms with Crippen molar-refractivity contribution >= 4 is 21.6 Å². The smallest absolute Gasteiger partial charge is 0.490 e. The average molecular weight is 705 g/mol. The number of alkyl halides is 3. The minimum atomic E-state index is -5.00. The van der Waals surface area contributed by atoms with E-state index in [4.69, 9.17) is 9.47 Å². The number of sulfonamides is 1. The van der Waals surface area contributed by atoms with Crippen molar-refractivity contribution in [3.63, 3.8) is 0 Å². The molecule has 2 heterocycles. The van der Waals surface area contributed by atoms with Crippen molar-refractivity contribution in [2.24, 2.45) is 23.7 Å². The van der Waals surface area contributed by atoms with Crippen molar-refractivity contribution < 1.29 is 40.6 Å². The van der Waals surface area contributed by atoms with Crippen LogP contribution in [-0.2, 0) is 49.2 Å². The number of hydrogen-bond acceptors (Lipinski definition) is 7. The topological polar surface area (TPSA) is 94.2 Å². The number of rotatable bonds is 4. The van der Waals surface area contributed by atoms with E-state index in [1.54, 1.807) is 14.0 Å². The van der Waals surface area contributed by atoms with E-state index in [0.29, 0.717) is 30.9 Å². The van der Waals surface area contributed by atoms with Gasteiger partial charge in [0.15, 0.2) is 0 Å². The Morgan fingerprint density at radius 1 is 1.14 bits per heavy atom. The second-order valence-corrected chi connectivity index (χ2v) is 16.1. The molecule has 1 spiro atoms. The lowest BCUT2D eigenvalue weighted by Crippen LogP contribution is -2.49.